The van der Waals surface area contributed by atoms with Crippen molar-refractivity contribution in [2.45, 2.75) is 20.4 Å². The van der Waals surface area contributed by atoms with Crippen molar-refractivity contribution in [3.05, 3.63) is 89.0 Å². The second-order valence-corrected chi connectivity index (χ2v) is 5.46. The highest BCUT2D eigenvalue weighted by molar-refractivity contribution is 6.07. The van der Waals surface area contributed by atoms with Crippen LogP contribution >= 0.6 is 0 Å². The summed E-state index contributed by atoms with van der Waals surface area (Å²) in [5, 5.41) is 0. The highest BCUT2D eigenvalue weighted by atomic mass is 16.1. The maximum Gasteiger partial charge on any atom is 0.211 e. The lowest BCUT2D eigenvalue weighted by Gasteiger charge is -2.10. The van der Waals surface area contributed by atoms with Gasteiger partial charge in [-0.15, -0.1) is 0 Å². The molecule has 22 heavy (non-hydrogen) atoms. The molecule has 3 nitrogen and oxygen atoms in total. The summed E-state index contributed by atoms with van der Waals surface area (Å²) in [7, 11) is 0. The zero-order chi connectivity index (χ0) is 15.5. The molecule has 1 aromatic heterocycles. The Labute approximate surface area is 130 Å². The van der Waals surface area contributed by atoms with Crippen LogP contribution in [0.5, 0.6) is 0 Å². The van der Waals surface area contributed by atoms with E-state index in [1.54, 1.807) is 6.20 Å². The maximum absolute atomic E-state index is 12.7. The number of carbonyl (C=O) groups is 1. The normalized spacial score (nSPS) is 10.6. The summed E-state index contributed by atoms with van der Waals surface area (Å²) >= 11 is 0. The van der Waals surface area contributed by atoms with Gasteiger partial charge in [0.15, 0.2) is 0 Å². The van der Waals surface area contributed by atoms with E-state index in [-0.39, 0.29) is 5.78 Å². The molecule has 0 spiro atoms. The van der Waals surface area contributed by atoms with Gasteiger partial charge in [0.1, 0.15) is 11.5 Å². The Kier molecular flexibility index (Phi) is 3.88. The lowest BCUT2D eigenvalue weighted by atomic mass is 10.1. The fraction of sp³-hybridized carbons (Fsp3) is 0.158. The van der Waals surface area contributed by atoms with Crippen LogP contribution in [-0.2, 0) is 6.54 Å². The fourth-order valence-electron chi connectivity index (χ4n) is 2.47. The summed E-state index contributed by atoms with van der Waals surface area (Å²) in [6, 6.07) is 17.8. The highest BCUT2D eigenvalue weighted by Gasteiger charge is 2.16. The Morgan fingerprint density at radius 1 is 1.00 bits per heavy atom. The predicted octanol–water partition coefficient (Wildman–Crippen LogP) is 3.78. The maximum atomic E-state index is 12.7. The number of aromatic nitrogens is 2. The molecule has 0 saturated heterocycles. The van der Waals surface area contributed by atoms with Crippen molar-refractivity contribution < 1.29 is 4.79 Å². The van der Waals surface area contributed by atoms with Gasteiger partial charge in [-0.1, -0.05) is 60.2 Å². The number of benzene rings is 2. The second-order valence-electron chi connectivity index (χ2n) is 5.46. The molecule has 0 bridgehead atoms. The van der Waals surface area contributed by atoms with Gasteiger partial charge >= 0.3 is 0 Å². The van der Waals surface area contributed by atoms with Gasteiger partial charge in [0.2, 0.25) is 5.78 Å². The SMILES string of the molecule is Cc1ccc(C(=O)c2cnc(C)n2Cc2ccccc2)cc1. The van der Waals surface area contributed by atoms with E-state index >= 15 is 0 Å². The van der Waals surface area contributed by atoms with E-state index in [4.69, 9.17) is 0 Å². The van der Waals surface area contributed by atoms with E-state index < -0.39 is 0 Å². The monoisotopic (exact) mass is 290 g/mol. The average molecular weight is 290 g/mol. The predicted molar refractivity (Wildman–Crippen MR) is 87.1 cm³/mol. The number of hydrogen-bond acceptors (Lipinski definition) is 2. The molecular weight excluding hydrogens is 272 g/mol. The third-order valence-corrected chi connectivity index (χ3v) is 3.79. The first-order chi connectivity index (χ1) is 10.6. The summed E-state index contributed by atoms with van der Waals surface area (Å²) in [5.41, 5.74) is 3.62. The summed E-state index contributed by atoms with van der Waals surface area (Å²) in [4.78, 5) is 17.0. The van der Waals surface area contributed by atoms with Crippen LogP contribution in [0.3, 0.4) is 0 Å². The van der Waals surface area contributed by atoms with Crippen LogP contribution in [0.2, 0.25) is 0 Å². The van der Waals surface area contributed by atoms with Crippen LogP contribution in [-0.4, -0.2) is 15.3 Å². The number of ketones is 1. The molecule has 0 atom stereocenters. The Bertz CT molecular complexity index is 786. The molecule has 0 amide bonds. The van der Waals surface area contributed by atoms with Gasteiger partial charge in [-0.25, -0.2) is 4.98 Å². The molecule has 1 heterocycles. The molecular formula is C19H18N2O. The van der Waals surface area contributed by atoms with Crippen molar-refractivity contribution in [3.63, 3.8) is 0 Å². The first kappa shape index (κ1) is 14.3. The second kappa shape index (κ2) is 5.98. The van der Waals surface area contributed by atoms with Crippen LogP contribution in [0.15, 0.2) is 60.8 Å². The molecule has 0 saturated carbocycles. The van der Waals surface area contributed by atoms with Crippen molar-refractivity contribution in [2.75, 3.05) is 0 Å². The first-order valence-corrected chi connectivity index (χ1v) is 7.32. The van der Waals surface area contributed by atoms with Gasteiger partial charge in [-0.05, 0) is 19.4 Å². The van der Waals surface area contributed by atoms with E-state index in [0.29, 0.717) is 17.8 Å². The molecule has 0 aliphatic rings. The molecule has 0 aliphatic carbocycles. The summed E-state index contributed by atoms with van der Waals surface area (Å²) in [5.74, 6) is 0.857. The molecule has 0 radical (unpaired) electrons. The summed E-state index contributed by atoms with van der Waals surface area (Å²) in [6.45, 7) is 4.59. The highest BCUT2D eigenvalue weighted by Crippen LogP contribution is 2.15. The minimum Gasteiger partial charge on any atom is -0.321 e. The van der Waals surface area contributed by atoms with E-state index in [2.05, 4.69) is 17.1 Å². The Morgan fingerprint density at radius 3 is 2.36 bits per heavy atom. The third kappa shape index (κ3) is 2.84. The molecule has 0 unspecified atom stereocenters. The van der Waals surface area contributed by atoms with Gasteiger partial charge in [-0.2, -0.15) is 0 Å². The van der Waals surface area contributed by atoms with Crippen LogP contribution in [0, 0.1) is 13.8 Å². The van der Waals surface area contributed by atoms with E-state index in [1.807, 2.05) is 60.9 Å². The largest absolute Gasteiger partial charge is 0.321 e. The summed E-state index contributed by atoms with van der Waals surface area (Å²) in [6.07, 6.45) is 1.67. The zero-order valence-corrected chi connectivity index (χ0v) is 12.8. The molecule has 0 aliphatic heterocycles. The third-order valence-electron chi connectivity index (χ3n) is 3.79. The minimum atomic E-state index is 0.0107. The van der Waals surface area contributed by atoms with E-state index in [0.717, 1.165) is 17.0 Å². The molecule has 2 aromatic carbocycles. The topological polar surface area (TPSA) is 34.9 Å². The first-order valence-electron chi connectivity index (χ1n) is 7.32. The number of aryl methyl sites for hydroxylation is 2. The molecule has 3 rings (SSSR count). The van der Waals surface area contributed by atoms with E-state index in [9.17, 15) is 4.79 Å². The van der Waals surface area contributed by atoms with Crippen molar-refractivity contribution >= 4 is 5.78 Å². The van der Waals surface area contributed by atoms with Crippen LogP contribution in [0.25, 0.3) is 0 Å². The smallest absolute Gasteiger partial charge is 0.211 e. The number of rotatable bonds is 4. The van der Waals surface area contributed by atoms with Gasteiger partial charge < -0.3 is 4.57 Å². The number of carbonyl (C=O) groups excluding carboxylic acids is 1. The van der Waals surface area contributed by atoms with Crippen molar-refractivity contribution in [1.29, 1.82) is 0 Å². The molecule has 3 aromatic rings. The quantitative estimate of drug-likeness (QED) is 0.685. The van der Waals surface area contributed by atoms with Crippen molar-refractivity contribution in [2.24, 2.45) is 0 Å². The zero-order valence-electron chi connectivity index (χ0n) is 12.8. The standard InChI is InChI=1S/C19H18N2O/c1-14-8-10-17(11-9-14)19(22)18-12-20-15(2)21(18)13-16-6-4-3-5-7-16/h3-12H,13H2,1-2H3. The average Bonchev–Trinajstić information content (AvgIpc) is 2.89. The van der Waals surface area contributed by atoms with Crippen LogP contribution in [0.1, 0.15) is 33.0 Å². The molecule has 3 heteroatoms. The number of imidazole rings is 1. The molecule has 0 N–H and O–H groups in total. The Balaban J connectivity index is 1.95. The van der Waals surface area contributed by atoms with Gasteiger partial charge in [0, 0.05) is 12.1 Å². The Morgan fingerprint density at radius 2 is 1.68 bits per heavy atom. The van der Waals surface area contributed by atoms with Crippen molar-refractivity contribution in [1.82, 2.24) is 9.55 Å². The lowest BCUT2D eigenvalue weighted by Crippen LogP contribution is -2.12. The lowest BCUT2D eigenvalue weighted by molar-refractivity contribution is 0.103. The summed E-state index contributed by atoms with van der Waals surface area (Å²) < 4.78 is 1.97. The van der Waals surface area contributed by atoms with E-state index in [1.165, 1.54) is 0 Å². The van der Waals surface area contributed by atoms with Crippen LogP contribution < -0.4 is 0 Å². The van der Waals surface area contributed by atoms with Gasteiger partial charge in [0.25, 0.3) is 0 Å². The van der Waals surface area contributed by atoms with Gasteiger partial charge in [0.05, 0.1) is 6.20 Å². The van der Waals surface area contributed by atoms with Crippen LogP contribution in [0.4, 0.5) is 0 Å². The Hall–Kier alpha value is -2.68. The number of hydrogen-bond donors (Lipinski definition) is 0. The minimum absolute atomic E-state index is 0.0107. The fourth-order valence-corrected chi connectivity index (χ4v) is 2.47. The molecule has 110 valence electrons. The van der Waals surface area contributed by atoms with Crippen molar-refractivity contribution in [3.8, 4) is 0 Å². The molecule has 0 fully saturated rings. The number of nitrogens with zero attached hydrogens (tertiary/aromatic N) is 2. The van der Waals surface area contributed by atoms with Gasteiger partial charge in [-0.3, -0.25) is 4.79 Å².